The van der Waals surface area contributed by atoms with E-state index in [0.29, 0.717) is 28.6 Å². The lowest BCUT2D eigenvalue weighted by atomic mass is 9.85. The number of nitrogens with zero attached hydrogens (tertiary/aromatic N) is 2. The van der Waals surface area contributed by atoms with E-state index in [1.807, 2.05) is 42.5 Å². The first-order chi connectivity index (χ1) is 29.2. The predicted octanol–water partition coefficient (Wildman–Crippen LogP) is 6.93. The molecule has 0 saturated carbocycles. The minimum Gasteiger partial charge on any atom is -0.493 e. The van der Waals surface area contributed by atoms with Gasteiger partial charge >= 0.3 is 17.6 Å². The van der Waals surface area contributed by atoms with Gasteiger partial charge in [-0.3, -0.25) is 19.3 Å². The lowest BCUT2D eigenvalue weighted by Gasteiger charge is -2.45. The second kappa shape index (κ2) is 17.2. The molecule has 1 aliphatic rings. The van der Waals surface area contributed by atoms with Crippen molar-refractivity contribution in [2.45, 2.75) is 38.0 Å². The SMILES string of the molecule is CCOC(=O)C[C@H]1[C@H](OC(=O)c2cc3ccccc3oc2=O)[C@@H](NC(=O)c2ccc3ccccc3c2)c2cc(OCCCO)ccc2N1C(=O)c1ccc2ccccc2n1. The van der Waals surface area contributed by atoms with E-state index in [9.17, 15) is 29.1 Å². The monoisotopic (exact) mass is 805 g/mol. The summed E-state index contributed by atoms with van der Waals surface area (Å²) in [6, 6.07) is 33.6. The van der Waals surface area contributed by atoms with Gasteiger partial charge in [-0.15, -0.1) is 0 Å². The van der Waals surface area contributed by atoms with Crippen molar-refractivity contribution in [2.24, 2.45) is 0 Å². The van der Waals surface area contributed by atoms with Crippen molar-refractivity contribution in [2.75, 3.05) is 24.7 Å². The third-order valence-corrected chi connectivity index (χ3v) is 10.3. The van der Waals surface area contributed by atoms with Gasteiger partial charge in [0.25, 0.3) is 11.8 Å². The number of aliphatic hydroxyl groups excluding tert-OH is 1. The lowest BCUT2D eigenvalue weighted by molar-refractivity contribution is -0.144. The molecule has 7 aromatic rings. The van der Waals surface area contributed by atoms with Crippen LogP contribution >= 0.6 is 0 Å². The highest BCUT2D eigenvalue weighted by Crippen LogP contribution is 2.43. The van der Waals surface area contributed by atoms with Crippen molar-refractivity contribution in [1.82, 2.24) is 10.3 Å². The molecule has 0 fully saturated rings. The molecule has 2 N–H and O–H groups in total. The van der Waals surface area contributed by atoms with Crippen LogP contribution in [-0.2, 0) is 14.3 Å². The summed E-state index contributed by atoms with van der Waals surface area (Å²) in [5.41, 5.74) is 0.248. The highest BCUT2D eigenvalue weighted by atomic mass is 16.6. The Morgan fingerprint density at radius 1 is 0.817 bits per heavy atom. The number of aliphatic hydroxyl groups is 1. The Labute approximate surface area is 343 Å². The first kappa shape index (κ1) is 39.4. The topological polar surface area (TPSA) is 175 Å². The molecule has 0 radical (unpaired) electrons. The number of carbonyl (C=O) groups excluding carboxylic acids is 4. The average molecular weight is 806 g/mol. The number of pyridine rings is 1. The molecule has 13 heteroatoms. The van der Waals surface area contributed by atoms with Crippen molar-refractivity contribution in [3.8, 4) is 5.75 Å². The Balaban J connectivity index is 1.31. The van der Waals surface area contributed by atoms with Gasteiger partial charge in [0.1, 0.15) is 28.7 Å². The van der Waals surface area contributed by atoms with E-state index in [-0.39, 0.29) is 42.3 Å². The maximum atomic E-state index is 15.0. The number of para-hydroxylation sites is 2. The van der Waals surface area contributed by atoms with E-state index in [4.69, 9.17) is 18.6 Å². The van der Waals surface area contributed by atoms with E-state index in [0.717, 1.165) is 16.2 Å². The normalized spacial score (nSPS) is 16.0. The van der Waals surface area contributed by atoms with Crippen molar-refractivity contribution in [3.05, 3.63) is 160 Å². The van der Waals surface area contributed by atoms with E-state index in [1.54, 1.807) is 85.8 Å². The molecule has 0 aliphatic carbocycles. The van der Waals surface area contributed by atoms with Crippen LogP contribution in [0.15, 0.2) is 137 Å². The molecule has 0 bridgehead atoms. The van der Waals surface area contributed by atoms with Gasteiger partial charge < -0.3 is 29.1 Å². The van der Waals surface area contributed by atoms with Crippen molar-refractivity contribution >= 4 is 62.1 Å². The fourth-order valence-electron chi connectivity index (χ4n) is 7.49. The maximum Gasteiger partial charge on any atom is 0.351 e. The summed E-state index contributed by atoms with van der Waals surface area (Å²) >= 11 is 0. The fourth-order valence-corrected chi connectivity index (χ4v) is 7.49. The van der Waals surface area contributed by atoms with Gasteiger partial charge in [0, 0.05) is 34.9 Å². The van der Waals surface area contributed by atoms with Crippen LogP contribution in [0.2, 0.25) is 0 Å². The standard InChI is InChI=1S/C47H39N3O10/c1-2-57-41(52)27-39-43(60-47(56)35-25-31-13-6-8-15-40(31)59-46(35)55)42(49-44(53)32-17-16-28-10-3-4-12-30(28)24-32)34-26-33(58-23-9-22-51)19-21-38(34)50(39)45(54)37-20-18-29-11-5-7-14-36(29)48-37/h3-8,10-21,24-26,39,42-43,51H,2,9,22-23,27H2,1H3,(H,49,53)/t39-,42-,43-/m0/s1. The van der Waals surface area contributed by atoms with Gasteiger partial charge in [-0.2, -0.15) is 0 Å². The van der Waals surface area contributed by atoms with Crippen LogP contribution in [-0.4, -0.2) is 65.8 Å². The van der Waals surface area contributed by atoms with Crippen molar-refractivity contribution in [1.29, 1.82) is 0 Å². The number of benzene rings is 5. The number of nitrogens with one attached hydrogen (secondary N) is 1. The van der Waals surface area contributed by atoms with E-state index in [2.05, 4.69) is 10.3 Å². The number of ether oxygens (including phenoxy) is 3. The maximum absolute atomic E-state index is 15.0. The molecule has 3 atom stereocenters. The number of rotatable bonds is 12. The number of hydrogen-bond acceptors (Lipinski definition) is 11. The molecular weight excluding hydrogens is 767 g/mol. The van der Waals surface area contributed by atoms with Crippen molar-refractivity contribution in [3.63, 3.8) is 0 Å². The van der Waals surface area contributed by atoms with Gasteiger partial charge in [-0.25, -0.2) is 14.6 Å². The molecule has 5 aromatic carbocycles. The van der Waals surface area contributed by atoms with Crippen molar-refractivity contribution < 1.29 is 42.9 Å². The number of esters is 2. The second-order valence-electron chi connectivity index (χ2n) is 14.2. The third kappa shape index (κ3) is 8.03. The number of hydrogen-bond donors (Lipinski definition) is 2. The summed E-state index contributed by atoms with van der Waals surface area (Å²) < 4.78 is 23.1. The first-order valence-electron chi connectivity index (χ1n) is 19.5. The van der Waals surface area contributed by atoms with Gasteiger partial charge in [-0.1, -0.05) is 72.8 Å². The Morgan fingerprint density at radius 2 is 1.55 bits per heavy atom. The average Bonchev–Trinajstić information content (AvgIpc) is 3.26. The van der Waals surface area contributed by atoms with Gasteiger partial charge in [-0.05, 0) is 72.3 Å². The molecule has 0 spiro atoms. The minimum absolute atomic E-state index is 0.0155. The number of amides is 2. The minimum atomic E-state index is -1.53. The summed E-state index contributed by atoms with van der Waals surface area (Å²) in [5, 5.41) is 15.5. The summed E-state index contributed by atoms with van der Waals surface area (Å²) in [5.74, 6) is -2.71. The summed E-state index contributed by atoms with van der Waals surface area (Å²) in [6.45, 7) is 1.68. The van der Waals surface area contributed by atoms with Crippen LogP contribution in [0.1, 0.15) is 62.6 Å². The smallest absolute Gasteiger partial charge is 0.351 e. The zero-order valence-corrected chi connectivity index (χ0v) is 32.4. The third-order valence-electron chi connectivity index (χ3n) is 10.3. The number of fused-ring (bicyclic) bond motifs is 4. The molecule has 302 valence electrons. The molecule has 0 saturated heterocycles. The molecule has 2 aromatic heterocycles. The van der Waals surface area contributed by atoms with Crippen LogP contribution in [0.25, 0.3) is 32.6 Å². The second-order valence-corrected chi connectivity index (χ2v) is 14.2. The highest BCUT2D eigenvalue weighted by Gasteiger charge is 2.49. The number of anilines is 1. The zero-order chi connectivity index (χ0) is 41.8. The molecule has 3 heterocycles. The zero-order valence-electron chi connectivity index (χ0n) is 32.4. The first-order valence-corrected chi connectivity index (χ1v) is 19.5. The van der Waals surface area contributed by atoms with E-state index >= 15 is 0 Å². The van der Waals surface area contributed by atoms with E-state index < -0.39 is 59.6 Å². The van der Waals surface area contributed by atoms with Gasteiger partial charge in [0.05, 0.1) is 42.9 Å². The van der Waals surface area contributed by atoms with Crippen LogP contribution in [0, 0.1) is 0 Å². The summed E-state index contributed by atoms with van der Waals surface area (Å²) in [4.78, 5) is 76.6. The number of carbonyl (C=O) groups is 4. The van der Waals surface area contributed by atoms with E-state index in [1.165, 1.54) is 11.0 Å². The van der Waals surface area contributed by atoms with Crippen LogP contribution < -0.4 is 20.6 Å². The molecule has 2 amide bonds. The quantitative estimate of drug-likeness (QED) is 0.0744. The van der Waals surface area contributed by atoms with Crippen LogP contribution in [0.3, 0.4) is 0 Å². The van der Waals surface area contributed by atoms with Crippen LogP contribution in [0.5, 0.6) is 5.75 Å². The molecule has 0 unspecified atom stereocenters. The molecule has 13 nitrogen and oxygen atoms in total. The Kier molecular flexibility index (Phi) is 11.3. The fraction of sp³-hybridized carbons (Fsp3) is 0.191. The highest BCUT2D eigenvalue weighted by molar-refractivity contribution is 6.08. The van der Waals surface area contributed by atoms with Gasteiger partial charge in [0.2, 0.25) is 0 Å². The predicted molar refractivity (Wildman–Crippen MR) is 223 cm³/mol. The largest absolute Gasteiger partial charge is 0.493 e. The Hall–Kier alpha value is -7.38. The molecular formula is C47H39N3O10. The molecule has 8 rings (SSSR count). The molecule has 1 aliphatic heterocycles. The summed E-state index contributed by atoms with van der Waals surface area (Å²) in [6.07, 6.45) is -1.69. The van der Waals surface area contributed by atoms with Crippen LogP contribution in [0.4, 0.5) is 5.69 Å². The van der Waals surface area contributed by atoms with Gasteiger partial charge in [0.15, 0.2) is 0 Å². The summed E-state index contributed by atoms with van der Waals surface area (Å²) in [7, 11) is 0. The Morgan fingerprint density at radius 3 is 2.35 bits per heavy atom. The molecule has 60 heavy (non-hydrogen) atoms. The number of aromatic nitrogens is 1. The lowest BCUT2D eigenvalue weighted by Crippen LogP contribution is -2.58. The Bertz CT molecular complexity index is 2840.